The van der Waals surface area contributed by atoms with Crippen molar-refractivity contribution >= 4 is 5.69 Å². The lowest BCUT2D eigenvalue weighted by molar-refractivity contribution is 0.185. The SMILES string of the molecule is [2H]COCc1ccc(N)cc1. The maximum Gasteiger partial charge on any atom is 0.0713 e. The summed E-state index contributed by atoms with van der Waals surface area (Å²) in [4.78, 5) is 0. The third-order valence-corrected chi connectivity index (χ3v) is 1.25. The van der Waals surface area contributed by atoms with Crippen LogP contribution >= 0.6 is 0 Å². The van der Waals surface area contributed by atoms with Crippen molar-refractivity contribution in [2.75, 3.05) is 12.8 Å². The lowest BCUT2D eigenvalue weighted by atomic mass is 10.2. The molecule has 0 atom stereocenters. The summed E-state index contributed by atoms with van der Waals surface area (Å²) in [7, 11) is 0.00434. The maximum absolute atomic E-state index is 6.75. The predicted octanol–water partition coefficient (Wildman–Crippen LogP) is 1.42. The van der Waals surface area contributed by atoms with E-state index >= 15 is 0 Å². The molecule has 10 heavy (non-hydrogen) atoms. The van der Waals surface area contributed by atoms with E-state index in [0.717, 1.165) is 11.3 Å². The molecule has 0 amide bonds. The second-order valence-electron chi connectivity index (χ2n) is 2.09. The number of ether oxygens (including phenoxy) is 1. The summed E-state index contributed by atoms with van der Waals surface area (Å²) in [6, 6.07) is 7.43. The van der Waals surface area contributed by atoms with Crippen molar-refractivity contribution in [1.82, 2.24) is 0 Å². The zero-order valence-electron chi connectivity index (χ0n) is 6.71. The molecule has 0 aromatic heterocycles. The van der Waals surface area contributed by atoms with Crippen molar-refractivity contribution in [3.8, 4) is 0 Å². The summed E-state index contributed by atoms with van der Waals surface area (Å²) in [5.41, 5.74) is 7.27. The summed E-state index contributed by atoms with van der Waals surface area (Å²) in [5, 5.41) is 0. The molecular weight excluding hydrogens is 126 g/mol. The van der Waals surface area contributed by atoms with Crippen LogP contribution in [-0.2, 0) is 11.3 Å². The fraction of sp³-hybridized carbons (Fsp3) is 0.250. The molecule has 1 aromatic rings. The fourth-order valence-corrected chi connectivity index (χ4v) is 0.732. The van der Waals surface area contributed by atoms with Crippen LogP contribution in [0.2, 0.25) is 0 Å². The fourth-order valence-electron chi connectivity index (χ4n) is 0.732. The van der Waals surface area contributed by atoms with Crippen LogP contribution in [0.25, 0.3) is 0 Å². The number of hydrogen-bond donors (Lipinski definition) is 1. The lowest BCUT2D eigenvalue weighted by Gasteiger charge is -1.98. The molecule has 0 bridgehead atoms. The Morgan fingerprint density at radius 3 is 2.80 bits per heavy atom. The van der Waals surface area contributed by atoms with Crippen LogP contribution in [0.5, 0.6) is 0 Å². The molecule has 0 saturated heterocycles. The smallest absolute Gasteiger partial charge is 0.0713 e. The molecule has 0 aliphatic rings. The molecule has 2 heteroatoms. The molecule has 0 aliphatic carbocycles. The molecule has 54 valence electrons. The number of methoxy groups -OCH3 is 1. The first-order chi connectivity index (χ1) is 5.33. The Labute approximate surface area is 62.0 Å². The van der Waals surface area contributed by atoms with Crippen molar-refractivity contribution in [2.24, 2.45) is 0 Å². The van der Waals surface area contributed by atoms with Gasteiger partial charge in [0, 0.05) is 12.8 Å². The van der Waals surface area contributed by atoms with Crippen molar-refractivity contribution in [3.63, 3.8) is 0 Å². The highest BCUT2D eigenvalue weighted by Gasteiger charge is 1.88. The Morgan fingerprint density at radius 1 is 1.50 bits per heavy atom. The average molecular weight is 138 g/mol. The van der Waals surface area contributed by atoms with Gasteiger partial charge in [0.05, 0.1) is 7.98 Å². The first kappa shape index (κ1) is 5.74. The van der Waals surface area contributed by atoms with Crippen LogP contribution in [0.1, 0.15) is 6.93 Å². The number of anilines is 1. The summed E-state index contributed by atoms with van der Waals surface area (Å²) in [6.45, 7) is 0.490. The maximum atomic E-state index is 6.75. The average Bonchev–Trinajstić information content (AvgIpc) is 2.04. The first-order valence-electron chi connectivity index (χ1n) is 3.75. The summed E-state index contributed by atoms with van der Waals surface area (Å²) >= 11 is 0. The van der Waals surface area contributed by atoms with E-state index in [1.54, 1.807) is 0 Å². The zero-order chi connectivity index (χ0) is 8.10. The second kappa shape index (κ2) is 3.22. The number of nitrogen functional groups attached to an aromatic ring is 1. The zero-order valence-corrected chi connectivity index (χ0v) is 5.71. The summed E-state index contributed by atoms with van der Waals surface area (Å²) in [6.07, 6.45) is 0. The minimum atomic E-state index is 0.00434. The predicted molar refractivity (Wildman–Crippen MR) is 41.6 cm³/mol. The van der Waals surface area contributed by atoms with Gasteiger partial charge in [0.25, 0.3) is 0 Å². The number of rotatable bonds is 2. The highest BCUT2D eigenvalue weighted by Crippen LogP contribution is 2.05. The van der Waals surface area contributed by atoms with Gasteiger partial charge in [-0.05, 0) is 17.7 Å². The molecule has 1 aromatic carbocycles. The van der Waals surface area contributed by atoms with Crippen LogP contribution in [0, 0.1) is 0 Å². The Balaban J connectivity index is 2.52. The van der Waals surface area contributed by atoms with Gasteiger partial charge in [-0.15, -0.1) is 0 Å². The lowest BCUT2D eigenvalue weighted by Crippen LogP contribution is -1.88. The van der Waals surface area contributed by atoms with Gasteiger partial charge in [-0.25, -0.2) is 0 Å². The van der Waals surface area contributed by atoms with Crippen molar-refractivity contribution in [2.45, 2.75) is 6.61 Å². The molecule has 0 fully saturated rings. The van der Waals surface area contributed by atoms with Gasteiger partial charge in [-0.1, -0.05) is 12.1 Å². The highest BCUT2D eigenvalue weighted by molar-refractivity contribution is 5.38. The molecular formula is C8H11NO. The van der Waals surface area contributed by atoms with Gasteiger partial charge in [0.15, 0.2) is 0 Å². The van der Waals surface area contributed by atoms with E-state index < -0.39 is 0 Å². The second-order valence-corrected chi connectivity index (χ2v) is 2.09. The molecule has 0 heterocycles. The Hall–Kier alpha value is -1.02. The van der Waals surface area contributed by atoms with E-state index in [-0.39, 0.29) is 7.09 Å². The van der Waals surface area contributed by atoms with E-state index in [0.29, 0.717) is 6.61 Å². The van der Waals surface area contributed by atoms with Crippen LogP contribution < -0.4 is 5.73 Å². The van der Waals surface area contributed by atoms with Gasteiger partial charge in [-0.3, -0.25) is 0 Å². The van der Waals surface area contributed by atoms with E-state index in [1.165, 1.54) is 0 Å². The quantitative estimate of drug-likeness (QED) is 0.627. The van der Waals surface area contributed by atoms with Crippen LogP contribution in [-0.4, -0.2) is 7.09 Å². The van der Waals surface area contributed by atoms with Crippen molar-refractivity contribution in [3.05, 3.63) is 29.8 Å². The van der Waals surface area contributed by atoms with E-state index in [4.69, 9.17) is 11.8 Å². The van der Waals surface area contributed by atoms with Gasteiger partial charge in [0.1, 0.15) is 0 Å². The molecule has 0 unspecified atom stereocenters. The van der Waals surface area contributed by atoms with Crippen LogP contribution in [0.4, 0.5) is 5.69 Å². The third-order valence-electron chi connectivity index (χ3n) is 1.25. The van der Waals surface area contributed by atoms with E-state index in [2.05, 4.69) is 0 Å². The molecule has 0 radical (unpaired) electrons. The Kier molecular flexibility index (Phi) is 1.85. The minimum absolute atomic E-state index is 0.00434. The molecule has 0 spiro atoms. The Bertz CT molecular complexity index is 210. The molecule has 2 N–H and O–H groups in total. The van der Waals surface area contributed by atoms with E-state index in [1.807, 2.05) is 24.3 Å². The largest absolute Gasteiger partial charge is 0.399 e. The first-order valence-corrected chi connectivity index (χ1v) is 3.04. The minimum Gasteiger partial charge on any atom is -0.399 e. The van der Waals surface area contributed by atoms with Crippen LogP contribution in [0.3, 0.4) is 0 Å². The van der Waals surface area contributed by atoms with Gasteiger partial charge < -0.3 is 10.5 Å². The van der Waals surface area contributed by atoms with Crippen molar-refractivity contribution in [1.29, 1.82) is 0 Å². The van der Waals surface area contributed by atoms with Gasteiger partial charge >= 0.3 is 0 Å². The number of hydrogen-bond acceptors (Lipinski definition) is 2. The summed E-state index contributed by atoms with van der Waals surface area (Å²) < 4.78 is 11.6. The number of benzene rings is 1. The van der Waals surface area contributed by atoms with Crippen LogP contribution in [0.15, 0.2) is 24.3 Å². The highest BCUT2D eigenvalue weighted by atomic mass is 16.5. The summed E-state index contributed by atoms with van der Waals surface area (Å²) in [5.74, 6) is 0. The van der Waals surface area contributed by atoms with E-state index in [9.17, 15) is 0 Å². The molecule has 0 aliphatic heterocycles. The normalized spacial score (nSPS) is 11.0. The van der Waals surface area contributed by atoms with Gasteiger partial charge in [0.2, 0.25) is 0 Å². The third kappa shape index (κ3) is 1.74. The molecule has 2 nitrogen and oxygen atoms in total. The molecule has 1 rings (SSSR count). The van der Waals surface area contributed by atoms with Gasteiger partial charge in [-0.2, -0.15) is 0 Å². The standard InChI is InChI=1S/C8H11NO/c1-10-6-7-2-4-8(9)5-3-7/h2-5H,6,9H2,1H3/i1D. The topological polar surface area (TPSA) is 35.2 Å². The Morgan fingerprint density at radius 2 is 2.20 bits per heavy atom. The van der Waals surface area contributed by atoms with Crippen molar-refractivity contribution < 1.29 is 6.11 Å². The molecule has 0 saturated carbocycles. The number of nitrogens with two attached hydrogens (primary N) is 1. The monoisotopic (exact) mass is 138 g/mol.